The molecule has 3 rings (SSSR count). The van der Waals surface area contributed by atoms with E-state index in [0.717, 1.165) is 17.0 Å². The molecule has 12 heteroatoms. The molecule has 0 bridgehead atoms. The number of benzene rings is 1. The summed E-state index contributed by atoms with van der Waals surface area (Å²) in [4.78, 5) is 24.8. The van der Waals surface area contributed by atoms with E-state index in [1.165, 1.54) is 0 Å². The summed E-state index contributed by atoms with van der Waals surface area (Å²) in [5.41, 5.74) is 4.96. The number of halogens is 6. The van der Waals surface area contributed by atoms with E-state index < -0.39 is 72.2 Å². The van der Waals surface area contributed by atoms with E-state index in [1.54, 1.807) is 0 Å². The number of alkyl halides is 3. The van der Waals surface area contributed by atoms with Gasteiger partial charge in [-0.25, -0.2) is 13.6 Å². The first kappa shape index (κ1) is 21.6. The molecule has 2 aliphatic rings. The fourth-order valence-electron chi connectivity index (χ4n) is 3.54. The lowest BCUT2D eigenvalue weighted by Crippen LogP contribution is -2.50. The van der Waals surface area contributed by atoms with Crippen LogP contribution in [0.3, 0.4) is 0 Å². The first-order chi connectivity index (χ1) is 13.5. The summed E-state index contributed by atoms with van der Waals surface area (Å²) >= 11 is 5.62. The Morgan fingerprint density at radius 3 is 2.48 bits per heavy atom. The molecule has 0 spiro atoms. The molecule has 2 N–H and O–H groups in total. The van der Waals surface area contributed by atoms with Crippen LogP contribution in [0.4, 0.5) is 26.7 Å². The zero-order valence-electron chi connectivity index (χ0n) is 14.7. The maximum absolute atomic E-state index is 14.7. The molecule has 4 atom stereocenters. The van der Waals surface area contributed by atoms with Crippen molar-refractivity contribution in [2.45, 2.75) is 37.2 Å². The number of nitrogens with zero attached hydrogens (tertiary/aromatic N) is 1. The molecule has 2 aliphatic heterocycles. The molecule has 2 fully saturated rings. The highest BCUT2D eigenvalue weighted by Gasteiger charge is 2.49. The number of cyclic esters (lactones) is 1. The maximum atomic E-state index is 14.7. The Morgan fingerprint density at radius 2 is 1.93 bits per heavy atom. The number of primary amides is 1. The fourth-order valence-corrected chi connectivity index (χ4v) is 3.71. The largest absolute Gasteiger partial charge is 0.447 e. The van der Waals surface area contributed by atoms with Crippen molar-refractivity contribution in [3.63, 3.8) is 0 Å². The summed E-state index contributed by atoms with van der Waals surface area (Å²) < 4.78 is 77.3. The Morgan fingerprint density at radius 1 is 1.24 bits per heavy atom. The molecule has 2 amide bonds. The van der Waals surface area contributed by atoms with Gasteiger partial charge in [0.1, 0.15) is 29.3 Å². The third kappa shape index (κ3) is 4.11. The molecule has 0 saturated carbocycles. The van der Waals surface area contributed by atoms with Crippen LogP contribution in [-0.2, 0) is 14.3 Å². The Labute approximate surface area is 166 Å². The third-order valence-electron chi connectivity index (χ3n) is 5.05. The number of amides is 2. The first-order valence-corrected chi connectivity index (χ1v) is 8.96. The second-order valence-corrected chi connectivity index (χ2v) is 7.18. The van der Waals surface area contributed by atoms with Gasteiger partial charge >= 0.3 is 12.3 Å². The molecule has 1 aromatic rings. The van der Waals surface area contributed by atoms with Gasteiger partial charge in [-0.05, 0) is 18.9 Å². The molecule has 160 valence electrons. The molecule has 2 heterocycles. The molecular weight excluding hydrogens is 427 g/mol. The number of hydrogen-bond donors (Lipinski definition) is 1. The predicted molar refractivity (Wildman–Crippen MR) is 88.8 cm³/mol. The van der Waals surface area contributed by atoms with E-state index in [2.05, 4.69) is 0 Å². The lowest BCUT2D eigenvalue weighted by atomic mass is 9.89. The SMILES string of the molecule is NC(=O)C1COC(=O)N1[C@@H](c1ccc(F)c(Cl)c1F)[C@H]1CC[C@H](C(F)(F)F)CO1. The van der Waals surface area contributed by atoms with Gasteiger partial charge in [-0.2, -0.15) is 13.2 Å². The minimum absolute atomic E-state index is 0.210. The number of rotatable bonds is 4. The van der Waals surface area contributed by atoms with Gasteiger partial charge in [0.15, 0.2) is 0 Å². The quantitative estimate of drug-likeness (QED) is 0.573. The van der Waals surface area contributed by atoms with Crippen molar-refractivity contribution >= 4 is 23.6 Å². The van der Waals surface area contributed by atoms with Gasteiger partial charge in [-0.1, -0.05) is 17.7 Å². The zero-order valence-corrected chi connectivity index (χ0v) is 15.5. The van der Waals surface area contributed by atoms with E-state index in [9.17, 15) is 31.5 Å². The zero-order chi connectivity index (χ0) is 21.5. The number of carbonyl (C=O) groups is 2. The monoisotopic (exact) mass is 442 g/mol. The molecule has 2 saturated heterocycles. The van der Waals surface area contributed by atoms with E-state index in [4.69, 9.17) is 26.8 Å². The molecule has 0 radical (unpaired) electrons. The Kier molecular flexibility index (Phi) is 5.91. The number of carbonyl (C=O) groups excluding carboxylic acids is 2. The van der Waals surface area contributed by atoms with Crippen molar-refractivity contribution in [1.29, 1.82) is 0 Å². The number of nitrogens with two attached hydrogens (primary N) is 1. The molecule has 0 aromatic heterocycles. The standard InChI is InChI=1S/C17H16ClF5N2O4/c18-12-9(19)3-2-8(13(12)20)14(25-10(15(24)26)6-29-16(25)27)11-4-1-7(5-28-11)17(21,22)23/h2-3,7,10-11,14H,1,4-6H2,(H2,24,26)/t7-,10?,11+,14-/m0/s1. The van der Waals surface area contributed by atoms with Crippen LogP contribution in [0.15, 0.2) is 12.1 Å². The summed E-state index contributed by atoms with van der Waals surface area (Å²) in [5.74, 6) is -4.97. The van der Waals surface area contributed by atoms with Gasteiger partial charge in [-0.3, -0.25) is 9.69 Å². The number of hydrogen-bond acceptors (Lipinski definition) is 4. The van der Waals surface area contributed by atoms with E-state index in [0.29, 0.717) is 0 Å². The van der Waals surface area contributed by atoms with Crippen molar-refractivity contribution in [2.75, 3.05) is 13.2 Å². The smallest absolute Gasteiger partial charge is 0.411 e. The highest BCUT2D eigenvalue weighted by molar-refractivity contribution is 6.31. The summed E-state index contributed by atoms with van der Waals surface area (Å²) in [7, 11) is 0. The lowest BCUT2D eigenvalue weighted by molar-refractivity contribution is -0.212. The summed E-state index contributed by atoms with van der Waals surface area (Å²) in [6.07, 6.45) is -7.19. The van der Waals surface area contributed by atoms with Crippen molar-refractivity contribution < 1.29 is 41.0 Å². The highest BCUT2D eigenvalue weighted by Crippen LogP contribution is 2.42. The second kappa shape index (κ2) is 7.94. The summed E-state index contributed by atoms with van der Waals surface area (Å²) in [6, 6.07) is -0.866. The van der Waals surface area contributed by atoms with E-state index >= 15 is 0 Å². The van der Waals surface area contributed by atoms with Gasteiger partial charge in [-0.15, -0.1) is 0 Å². The fraction of sp³-hybridized carbons (Fsp3) is 0.529. The summed E-state index contributed by atoms with van der Waals surface area (Å²) in [6.45, 7) is -1.13. The van der Waals surface area contributed by atoms with Gasteiger partial charge in [0.25, 0.3) is 0 Å². The van der Waals surface area contributed by atoms with Crippen molar-refractivity contribution in [1.82, 2.24) is 4.90 Å². The maximum Gasteiger partial charge on any atom is 0.411 e. The van der Waals surface area contributed by atoms with E-state index in [1.807, 2.05) is 0 Å². The highest BCUT2D eigenvalue weighted by atomic mass is 35.5. The predicted octanol–water partition coefficient (Wildman–Crippen LogP) is 3.32. The van der Waals surface area contributed by atoms with Crippen LogP contribution < -0.4 is 5.73 Å². The number of ether oxygens (including phenoxy) is 2. The normalized spacial score (nSPS) is 26.3. The minimum Gasteiger partial charge on any atom is -0.447 e. The van der Waals surface area contributed by atoms with Crippen LogP contribution in [0.25, 0.3) is 0 Å². The molecule has 6 nitrogen and oxygen atoms in total. The molecule has 0 aliphatic carbocycles. The average Bonchev–Trinajstić information content (AvgIpc) is 3.03. The first-order valence-electron chi connectivity index (χ1n) is 8.58. The van der Waals surface area contributed by atoms with Crippen molar-refractivity contribution in [3.8, 4) is 0 Å². The minimum atomic E-state index is -4.48. The van der Waals surface area contributed by atoms with Crippen LogP contribution >= 0.6 is 11.6 Å². The summed E-state index contributed by atoms with van der Waals surface area (Å²) in [5, 5.41) is -0.861. The Bertz CT molecular complexity index is 814. The average molecular weight is 443 g/mol. The van der Waals surface area contributed by atoms with Crippen molar-refractivity contribution in [2.24, 2.45) is 11.7 Å². The van der Waals surface area contributed by atoms with Crippen LogP contribution in [0.5, 0.6) is 0 Å². The van der Waals surface area contributed by atoms with E-state index in [-0.39, 0.29) is 18.4 Å². The van der Waals surface area contributed by atoms with Crippen LogP contribution in [0.2, 0.25) is 5.02 Å². The Balaban J connectivity index is 2.01. The molecule has 29 heavy (non-hydrogen) atoms. The molecular formula is C17H16ClF5N2O4. The van der Waals surface area contributed by atoms with Crippen LogP contribution in [-0.4, -0.2) is 48.4 Å². The molecule has 1 unspecified atom stereocenters. The Hall–Kier alpha value is -2.14. The van der Waals surface area contributed by atoms with Gasteiger partial charge in [0, 0.05) is 5.56 Å². The molecule has 1 aromatic carbocycles. The lowest BCUT2D eigenvalue weighted by Gasteiger charge is -2.39. The van der Waals surface area contributed by atoms with Gasteiger partial charge in [0.05, 0.1) is 24.7 Å². The van der Waals surface area contributed by atoms with Crippen LogP contribution in [0.1, 0.15) is 24.4 Å². The van der Waals surface area contributed by atoms with Gasteiger partial charge in [0.2, 0.25) is 5.91 Å². The van der Waals surface area contributed by atoms with Gasteiger partial charge < -0.3 is 15.2 Å². The topological polar surface area (TPSA) is 81.9 Å². The van der Waals surface area contributed by atoms with Crippen molar-refractivity contribution in [3.05, 3.63) is 34.4 Å². The van der Waals surface area contributed by atoms with Crippen LogP contribution in [0, 0.1) is 17.6 Å². The second-order valence-electron chi connectivity index (χ2n) is 6.80. The third-order valence-corrected chi connectivity index (χ3v) is 5.40.